The molecule has 1 atom stereocenters. The highest BCUT2D eigenvalue weighted by Gasteiger charge is 2.45. The Morgan fingerprint density at radius 1 is 1.20 bits per heavy atom. The van der Waals surface area contributed by atoms with Gasteiger partial charge < -0.3 is 20.1 Å². The zero-order chi connectivity index (χ0) is 25.2. The molecule has 1 aliphatic carbocycles. The average molecular weight is 536 g/mol. The van der Waals surface area contributed by atoms with Crippen LogP contribution in [-0.4, -0.2) is 30.9 Å². The standard InChI is InChI=1S/C28H30BrN3O3/c1-28(2)14-22-26(23(33)15-28)25(21(16-30)27(31)32(22)11-12-34-3)20-13-19(29)9-10-24(20)35-17-18-7-5-4-6-8-18/h4-10,13,25H,11-12,14-15,17,31H2,1-3H3/t25-/m1/s1. The molecule has 2 N–H and O–H groups in total. The van der Waals surface area contributed by atoms with Gasteiger partial charge in [0.15, 0.2) is 5.78 Å². The number of hydrogen-bond acceptors (Lipinski definition) is 6. The molecule has 182 valence electrons. The minimum Gasteiger partial charge on any atom is -0.489 e. The third-order valence-electron chi connectivity index (χ3n) is 6.53. The number of rotatable bonds is 7. The van der Waals surface area contributed by atoms with Gasteiger partial charge in [0, 0.05) is 41.4 Å². The molecule has 0 aromatic heterocycles. The van der Waals surface area contributed by atoms with Crippen molar-refractivity contribution in [3.05, 3.63) is 86.8 Å². The summed E-state index contributed by atoms with van der Waals surface area (Å²) < 4.78 is 12.4. The summed E-state index contributed by atoms with van der Waals surface area (Å²) in [6.45, 7) is 5.45. The fraction of sp³-hybridized carbons (Fsp3) is 0.357. The van der Waals surface area contributed by atoms with E-state index in [2.05, 4.69) is 35.8 Å². The van der Waals surface area contributed by atoms with Crippen molar-refractivity contribution in [3.8, 4) is 11.8 Å². The van der Waals surface area contributed by atoms with E-state index in [1.807, 2.05) is 53.4 Å². The van der Waals surface area contributed by atoms with Crippen LogP contribution in [0.25, 0.3) is 0 Å². The molecule has 2 aromatic carbocycles. The SMILES string of the molecule is COCCN1C(N)=C(C#N)[C@@H](c2cc(Br)ccc2OCc2ccccc2)C2=C1CC(C)(C)CC2=O. The highest BCUT2D eigenvalue weighted by molar-refractivity contribution is 9.10. The summed E-state index contributed by atoms with van der Waals surface area (Å²) in [6, 6.07) is 17.9. The maximum absolute atomic E-state index is 13.6. The highest BCUT2D eigenvalue weighted by atomic mass is 79.9. The lowest BCUT2D eigenvalue weighted by atomic mass is 9.68. The number of benzene rings is 2. The van der Waals surface area contributed by atoms with Gasteiger partial charge in [-0.15, -0.1) is 0 Å². The number of nitrogens with zero attached hydrogens (tertiary/aromatic N) is 2. The van der Waals surface area contributed by atoms with Crippen LogP contribution >= 0.6 is 15.9 Å². The maximum atomic E-state index is 13.6. The molecule has 0 unspecified atom stereocenters. The van der Waals surface area contributed by atoms with Gasteiger partial charge in [0.2, 0.25) is 0 Å². The molecular weight excluding hydrogens is 506 g/mol. The largest absolute Gasteiger partial charge is 0.489 e. The maximum Gasteiger partial charge on any atom is 0.162 e. The van der Waals surface area contributed by atoms with E-state index in [1.54, 1.807) is 7.11 Å². The third-order valence-corrected chi connectivity index (χ3v) is 7.02. The molecule has 2 aromatic rings. The highest BCUT2D eigenvalue weighted by Crippen LogP contribution is 2.50. The molecule has 6 nitrogen and oxygen atoms in total. The fourth-order valence-electron chi connectivity index (χ4n) is 4.94. The van der Waals surface area contributed by atoms with Gasteiger partial charge >= 0.3 is 0 Å². The number of nitrogens with two attached hydrogens (primary N) is 1. The van der Waals surface area contributed by atoms with Crippen molar-refractivity contribution in [2.24, 2.45) is 11.1 Å². The summed E-state index contributed by atoms with van der Waals surface area (Å²) in [5, 5.41) is 10.3. The second-order valence-electron chi connectivity index (χ2n) is 9.75. The normalized spacial score (nSPS) is 19.5. The Labute approximate surface area is 215 Å². The van der Waals surface area contributed by atoms with Gasteiger partial charge in [-0.1, -0.05) is 60.1 Å². The van der Waals surface area contributed by atoms with Gasteiger partial charge in [0.1, 0.15) is 18.2 Å². The van der Waals surface area contributed by atoms with Crippen molar-refractivity contribution < 1.29 is 14.3 Å². The van der Waals surface area contributed by atoms with Crippen molar-refractivity contribution >= 4 is 21.7 Å². The predicted molar refractivity (Wildman–Crippen MR) is 138 cm³/mol. The number of ether oxygens (including phenoxy) is 2. The van der Waals surface area contributed by atoms with E-state index in [9.17, 15) is 10.1 Å². The Morgan fingerprint density at radius 2 is 1.94 bits per heavy atom. The number of halogens is 1. The lowest BCUT2D eigenvalue weighted by Crippen LogP contribution is -2.43. The monoisotopic (exact) mass is 535 g/mol. The predicted octanol–water partition coefficient (Wildman–Crippen LogP) is 5.41. The Hall–Kier alpha value is -3.08. The van der Waals surface area contributed by atoms with Crippen LogP contribution in [-0.2, 0) is 16.1 Å². The van der Waals surface area contributed by atoms with Crippen molar-refractivity contribution in [1.29, 1.82) is 5.26 Å². The van der Waals surface area contributed by atoms with Crippen molar-refractivity contribution in [3.63, 3.8) is 0 Å². The number of methoxy groups -OCH3 is 1. The summed E-state index contributed by atoms with van der Waals surface area (Å²) in [7, 11) is 1.63. The first kappa shape index (κ1) is 25.0. The van der Waals surface area contributed by atoms with Gasteiger partial charge in [-0.2, -0.15) is 5.26 Å². The van der Waals surface area contributed by atoms with Crippen LogP contribution in [0.1, 0.15) is 43.7 Å². The number of carbonyl (C=O) groups is 1. The Kier molecular flexibility index (Phi) is 7.34. The topological polar surface area (TPSA) is 88.6 Å². The van der Waals surface area contributed by atoms with Crippen LogP contribution in [0.3, 0.4) is 0 Å². The summed E-state index contributed by atoms with van der Waals surface area (Å²) in [6.07, 6.45) is 1.09. The fourth-order valence-corrected chi connectivity index (χ4v) is 5.31. The van der Waals surface area contributed by atoms with E-state index in [0.29, 0.717) is 55.3 Å². The summed E-state index contributed by atoms with van der Waals surface area (Å²) in [5.41, 5.74) is 10.1. The van der Waals surface area contributed by atoms with Crippen molar-refractivity contribution in [2.75, 3.05) is 20.3 Å². The molecular formula is C28H30BrN3O3. The third kappa shape index (κ3) is 5.14. The van der Waals surface area contributed by atoms with Gasteiger partial charge in [0.25, 0.3) is 0 Å². The first-order valence-corrected chi connectivity index (χ1v) is 12.4. The van der Waals surface area contributed by atoms with E-state index in [4.69, 9.17) is 15.2 Å². The van der Waals surface area contributed by atoms with Crippen LogP contribution in [0.4, 0.5) is 0 Å². The minimum atomic E-state index is -0.597. The molecule has 7 heteroatoms. The molecule has 4 rings (SSSR count). The quantitative estimate of drug-likeness (QED) is 0.509. The first-order chi connectivity index (χ1) is 16.8. The van der Waals surface area contributed by atoms with Crippen LogP contribution in [0.2, 0.25) is 0 Å². The van der Waals surface area contributed by atoms with Crippen molar-refractivity contribution in [2.45, 2.75) is 39.2 Å². The molecule has 0 amide bonds. The van der Waals surface area contributed by atoms with Gasteiger partial charge in [-0.05, 0) is 35.6 Å². The first-order valence-electron chi connectivity index (χ1n) is 11.6. The van der Waals surface area contributed by atoms with E-state index < -0.39 is 5.92 Å². The number of ketones is 1. The zero-order valence-electron chi connectivity index (χ0n) is 20.3. The second-order valence-corrected chi connectivity index (χ2v) is 10.7. The Morgan fingerprint density at radius 3 is 2.63 bits per heavy atom. The summed E-state index contributed by atoms with van der Waals surface area (Å²) in [4.78, 5) is 15.5. The Bertz CT molecular complexity index is 1230. The van der Waals surface area contributed by atoms with E-state index >= 15 is 0 Å². The van der Waals surface area contributed by atoms with Crippen LogP contribution in [0.15, 0.2) is 75.7 Å². The number of allylic oxidation sites excluding steroid dienone is 3. The lowest BCUT2D eigenvalue weighted by Gasteiger charge is -2.44. The molecule has 0 bridgehead atoms. The van der Waals surface area contributed by atoms with E-state index in [-0.39, 0.29) is 11.2 Å². The summed E-state index contributed by atoms with van der Waals surface area (Å²) >= 11 is 3.57. The summed E-state index contributed by atoms with van der Waals surface area (Å²) in [5.74, 6) is 0.434. The average Bonchev–Trinajstić information content (AvgIpc) is 2.82. The molecule has 35 heavy (non-hydrogen) atoms. The smallest absolute Gasteiger partial charge is 0.162 e. The molecule has 2 aliphatic rings. The van der Waals surface area contributed by atoms with Gasteiger partial charge in [-0.25, -0.2) is 0 Å². The molecule has 0 saturated heterocycles. The number of nitriles is 1. The second kappa shape index (κ2) is 10.3. The minimum absolute atomic E-state index is 0.0397. The van der Waals surface area contributed by atoms with E-state index in [1.165, 1.54) is 0 Å². The number of hydrogen-bond donors (Lipinski definition) is 1. The molecule has 0 fully saturated rings. The van der Waals surface area contributed by atoms with Gasteiger partial charge in [-0.3, -0.25) is 4.79 Å². The molecule has 0 saturated carbocycles. The van der Waals surface area contributed by atoms with Gasteiger partial charge in [0.05, 0.1) is 24.2 Å². The van der Waals surface area contributed by atoms with Crippen LogP contribution in [0, 0.1) is 16.7 Å². The molecule has 1 heterocycles. The van der Waals surface area contributed by atoms with Crippen molar-refractivity contribution in [1.82, 2.24) is 4.90 Å². The molecule has 0 spiro atoms. The van der Waals surface area contributed by atoms with E-state index in [0.717, 1.165) is 21.3 Å². The lowest BCUT2D eigenvalue weighted by molar-refractivity contribution is -0.118. The van der Waals surface area contributed by atoms with Crippen LogP contribution < -0.4 is 10.5 Å². The number of carbonyl (C=O) groups excluding carboxylic acids is 1. The van der Waals surface area contributed by atoms with Crippen LogP contribution in [0.5, 0.6) is 5.75 Å². The molecule has 1 aliphatic heterocycles. The number of Topliss-reactive ketones (excluding diaryl/α,β-unsaturated/α-hetero) is 1. The molecule has 0 radical (unpaired) electrons. The zero-order valence-corrected chi connectivity index (χ0v) is 21.9. The Balaban J connectivity index is 1.85.